The van der Waals surface area contributed by atoms with Crippen molar-refractivity contribution in [2.45, 2.75) is 57.9 Å². The Hall–Kier alpha value is -2.74. The average Bonchev–Trinajstić information content (AvgIpc) is 2.84. The first-order valence-electron chi connectivity index (χ1n) is 12.2. The van der Waals surface area contributed by atoms with Crippen LogP contribution in [0.1, 0.15) is 42.4 Å². The Kier molecular flexibility index (Phi) is 7.89. The fourth-order valence-electron chi connectivity index (χ4n) is 4.74. The number of benzene rings is 2. The van der Waals surface area contributed by atoms with Gasteiger partial charge in [-0.15, -0.1) is 0 Å². The molecule has 1 aliphatic carbocycles. The molecule has 1 saturated carbocycles. The summed E-state index contributed by atoms with van der Waals surface area (Å²) < 4.78 is 51.2. The van der Waals surface area contributed by atoms with Gasteiger partial charge in [0.1, 0.15) is 12.4 Å². The Balaban J connectivity index is 1.17. The molecular formula is C27H33F3N2O3. The van der Waals surface area contributed by atoms with Gasteiger partial charge in [0, 0.05) is 31.9 Å². The van der Waals surface area contributed by atoms with Crippen LogP contribution >= 0.6 is 0 Å². The van der Waals surface area contributed by atoms with Gasteiger partial charge in [0.15, 0.2) is 0 Å². The van der Waals surface area contributed by atoms with Crippen LogP contribution in [0.5, 0.6) is 5.75 Å². The molecule has 0 aromatic heterocycles. The molecule has 1 heterocycles. The summed E-state index contributed by atoms with van der Waals surface area (Å²) in [6.07, 6.45) is -1.77. The van der Waals surface area contributed by atoms with Crippen molar-refractivity contribution < 1.29 is 27.4 Å². The molecule has 2 fully saturated rings. The second-order valence-electron chi connectivity index (χ2n) is 9.51. The summed E-state index contributed by atoms with van der Waals surface area (Å²) in [7, 11) is 0. The molecular weight excluding hydrogens is 457 g/mol. The van der Waals surface area contributed by atoms with Gasteiger partial charge in [-0.2, -0.15) is 13.2 Å². The van der Waals surface area contributed by atoms with Gasteiger partial charge in [-0.3, -0.25) is 4.79 Å². The molecule has 1 amide bonds. The lowest BCUT2D eigenvalue weighted by Gasteiger charge is -2.36. The molecule has 2 aromatic rings. The lowest BCUT2D eigenvalue weighted by Crippen LogP contribution is -2.50. The maximum Gasteiger partial charge on any atom is 0.416 e. The van der Waals surface area contributed by atoms with Crippen LogP contribution in [0.3, 0.4) is 0 Å². The van der Waals surface area contributed by atoms with Crippen LogP contribution in [0.4, 0.5) is 18.9 Å². The number of anilines is 1. The summed E-state index contributed by atoms with van der Waals surface area (Å²) in [5.74, 6) is 0.249. The van der Waals surface area contributed by atoms with Crippen molar-refractivity contribution >= 4 is 11.6 Å². The van der Waals surface area contributed by atoms with Crippen molar-refractivity contribution in [3.05, 3.63) is 59.2 Å². The highest BCUT2D eigenvalue weighted by Crippen LogP contribution is 2.35. The third kappa shape index (κ3) is 6.69. The van der Waals surface area contributed by atoms with Gasteiger partial charge in [0.25, 0.3) is 0 Å². The lowest BCUT2D eigenvalue weighted by molar-refractivity contribution is -0.140. The first-order chi connectivity index (χ1) is 16.7. The van der Waals surface area contributed by atoms with Gasteiger partial charge in [-0.1, -0.05) is 23.8 Å². The summed E-state index contributed by atoms with van der Waals surface area (Å²) >= 11 is 0. The van der Waals surface area contributed by atoms with Crippen LogP contribution in [0.15, 0.2) is 42.5 Å². The van der Waals surface area contributed by atoms with Crippen molar-refractivity contribution in [3.63, 3.8) is 0 Å². The minimum Gasteiger partial charge on any atom is -0.490 e. The molecule has 1 saturated heterocycles. The minimum atomic E-state index is -4.39. The number of nitrogens with zero attached hydrogens (tertiary/aromatic N) is 2. The number of carbonyl (C=O) groups is 1. The molecule has 0 radical (unpaired) electrons. The largest absolute Gasteiger partial charge is 0.490 e. The first-order valence-corrected chi connectivity index (χ1v) is 12.2. The molecule has 4 rings (SSSR count). The zero-order chi connectivity index (χ0) is 25.0. The van der Waals surface area contributed by atoms with Crippen molar-refractivity contribution in [3.8, 4) is 5.75 Å². The minimum absolute atomic E-state index is 0.00580. The molecule has 8 heteroatoms. The highest BCUT2D eigenvalue weighted by molar-refractivity contribution is 5.77. The molecule has 0 N–H and O–H groups in total. The third-order valence-corrected chi connectivity index (χ3v) is 6.91. The van der Waals surface area contributed by atoms with Gasteiger partial charge in [0.2, 0.25) is 5.91 Å². The van der Waals surface area contributed by atoms with E-state index in [1.165, 1.54) is 24.2 Å². The van der Waals surface area contributed by atoms with E-state index in [0.29, 0.717) is 25.9 Å². The highest BCUT2D eigenvalue weighted by Gasteiger charge is 2.33. The summed E-state index contributed by atoms with van der Waals surface area (Å²) in [5, 5.41) is 0. The molecule has 2 aromatic carbocycles. The average molecular weight is 491 g/mol. The van der Waals surface area contributed by atoms with E-state index in [2.05, 4.69) is 36.1 Å². The molecule has 0 spiro atoms. The van der Waals surface area contributed by atoms with Crippen LogP contribution in [0, 0.1) is 13.8 Å². The summed E-state index contributed by atoms with van der Waals surface area (Å²) in [5.41, 5.74) is 1.93. The van der Waals surface area contributed by atoms with Crippen molar-refractivity contribution in [1.29, 1.82) is 0 Å². The zero-order valence-electron chi connectivity index (χ0n) is 20.3. The number of piperazine rings is 1. The van der Waals surface area contributed by atoms with E-state index < -0.39 is 11.7 Å². The number of halogens is 3. The zero-order valence-corrected chi connectivity index (χ0v) is 20.3. The van der Waals surface area contributed by atoms with E-state index in [-0.39, 0.29) is 36.0 Å². The van der Waals surface area contributed by atoms with Crippen molar-refractivity contribution in [1.82, 2.24) is 4.90 Å². The second kappa shape index (κ2) is 10.9. The molecule has 35 heavy (non-hydrogen) atoms. The molecule has 0 bridgehead atoms. The van der Waals surface area contributed by atoms with Crippen LogP contribution in [0.25, 0.3) is 0 Å². The Morgan fingerprint density at radius 1 is 0.914 bits per heavy atom. The fraction of sp³-hybridized carbons (Fsp3) is 0.519. The summed E-state index contributed by atoms with van der Waals surface area (Å²) in [4.78, 5) is 16.8. The fourth-order valence-corrected chi connectivity index (χ4v) is 4.74. The molecule has 0 atom stereocenters. The topological polar surface area (TPSA) is 42.0 Å². The lowest BCUT2D eigenvalue weighted by atomic mass is 9.95. The molecule has 5 nitrogen and oxygen atoms in total. The van der Waals surface area contributed by atoms with E-state index in [1.54, 1.807) is 6.07 Å². The maximum absolute atomic E-state index is 13.1. The Labute approximate surface area is 204 Å². The smallest absolute Gasteiger partial charge is 0.416 e. The van der Waals surface area contributed by atoms with Crippen LogP contribution in [0.2, 0.25) is 0 Å². The number of rotatable bonds is 6. The van der Waals surface area contributed by atoms with E-state index in [0.717, 1.165) is 32.0 Å². The Morgan fingerprint density at radius 2 is 1.54 bits per heavy atom. The van der Waals surface area contributed by atoms with Crippen molar-refractivity contribution in [2.75, 3.05) is 37.7 Å². The van der Waals surface area contributed by atoms with Crippen LogP contribution in [-0.4, -0.2) is 55.8 Å². The number of hydrogen-bond donors (Lipinski definition) is 0. The van der Waals surface area contributed by atoms with E-state index in [1.807, 2.05) is 4.90 Å². The Bertz CT molecular complexity index is 994. The number of ether oxygens (including phenoxy) is 2. The van der Waals surface area contributed by atoms with E-state index >= 15 is 0 Å². The number of aryl methyl sites for hydroxylation is 2. The van der Waals surface area contributed by atoms with Gasteiger partial charge in [0.05, 0.1) is 17.8 Å². The molecule has 190 valence electrons. The predicted molar refractivity (Wildman–Crippen MR) is 129 cm³/mol. The highest BCUT2D eigenvalue weighted by atomic mass is 19.4. The summed E-state index contributed by atoms with van der Waals surface area (Å²) in [6.45, 7) is 6.52. The van der Waals surface area contributed by atoms with Gasteiger partial charge in [-0.25, -0.2) is 0 Å². The first kappa shape index (κ1) is 25.4. The van der Waals surface area contributed by atoms with E-state index in [9.17, 15) is 18.0 Å². The van der Waals surface area contributed by atoms with Gasteiger partial charge < -0.3 is 19.3 Å². The van der Waals surface area contributed by atoms with Crippen LogP contribution < -0.4 is 9.64 Å². The number of hydrogen-bond acceptors (Lipinski definition) is 4. The second-order valence-corrected chi connectivity index (χ2v) is 9.51. The SMILES string of the molecule is Cc1ccc(N2CCN(C(=O)COC3CCC(Oc4ccc(C)c(C(F)(F)F)c4)CC3)CC2)cc1. The van der Waals surface area contributed by atoms with Gasteiger partial charge >= 0.3 is 6.18 Å². The third-order valence-electron chi connectivity index (χ3n) is 6.91. The van der Waals surface area contributed by atoms with Crippen LogP contribution in [-0.2, 0) is 15.7 Å². The number of carbonyl (C=O) groups excluding carboxylic acids is 1. The predicted octanol–water partition coefficient (Wildman–Crippen LogP) is 5.38. The van der Waals surface area contributed by atoms with Gasteiger partial charge in [-0.05, 0) is 69.4 Å². The van der Waals surface area contributed by atoms with E-state index in [4.69, 9.17) is 9.47 Å². The maximum atomic E-state index is 13.1. The quantitative estimate of drug-likeness (QED) is 0.546. The number of amides is 1. The monoisotopic (exact) mass is 490 g/mol. The number of alkyl halides is 3. The Morgan fingerprint density at radius 3 is 2.17 bits per heavy atom. The normalized spacial score (nSPS) is 21.2. The van der Waals surface area contributed by atoms with Crippen molar-refractivity contribution in [2.24, 2.45) is 0 Å². The molecule has 0 unspecified atom stereocenters. The molecule has 2 aliphatic rings. The standard InChI is InChI=1S/C27H33F3N2O3/c1-19-3-6-21(7-4-19)31-13-15-32(16-14-31)26(33)18-34-22-9-11-23(12-10-22)35-24-8-5-20(2)25(17-24)27(28,29)30/h3-8,17,22-23H,9-16,18H2,1-2H3. The molecule has 1 aliphatic heterocycles. The summed E-state index contributed by atoms with van der Waals surface area (Å²) in [6, 6.07) is 12.5.